The molecule has 2 aliphatic rings. The molecule has 0 radical (unpaired) electrons. The third-order valence-electron chi connectivity index (χ3n) is 3.94. The molecular weight excluding hydrogens is 242 g/mol. The largest absolute Gasteiger partial charge is 0.468 e. The van der Waals surface area contributed by atoms with Crippen molar-refractivity contribution in [1.29, 1.82) is 0 Å². The lowest BCUT2D eigenvalue weighted by molar-refractivity contribution is -0.147. The maximum absolute atomic E-state index is 13.5. The monoisotopic (exact) mass is 262 g/mol. The molecule has 0 amide bonds. The van der Waals surface area contributed by atoms with Gasteiger partial charge in [0.15, 0.2) is 0 Å². The first-order valence-electron chi connectivity index (χ1n) is 6.33. The van der Waals surface area contributed by atoms with Crippen LogP contribution >= 0.6 is 0 Å². The maximum atomic E-state index is 13.5. The quantitative estimate of drug-likeness (QED) is 0.694. The second-order valence-corrected chi connectivity index (χ2v) is 5.31. The molecule has 0 aromatic heterocycles. The van der Waals surface area contributed by atoms with E-state index in [0.29, 0.717) is 0 Å². The van der Waals surface area contributed by atoms with Gasteiger partial charge in [-0.15, -0.1) is 0 Å². The van der Waals surface area contributed by atoms with Gasteiger partial charge in [0.1, 0.15) is 6.04 Å². The number of likely N-dealkylation sites (tertiary alicyclic amines) is 2. The summed E-state index contributed by atoms with van der Waals surface area (Å²) in [6, 6.07) is -0.711. The Hall–Kier alpha value is -0.750. The lowest BCUT2D eigenvalue weighted by Gasteiger charge is -2.37. The first-order valence-corrected chi connectivity index (χ1v) is 6.33. The number of carbonyl (C=O) groups is 1. The standard InChI is InChI=1S/C12H20F2N2O2/c1-15-5-3-9(4-6-15)16-8-12(13,14)7-10(16)11(17)18-2/h9-10H,3-8H2,1-2H3. The summed E-state index contributed by atoms with van der Waals surface area (Å²) in [5.74, 6) is -3.31. The van der Waals surface area contributed by atoms with Crippen LogP contribution in [-0.4, -0.2) is 67.6 Å². The highest BCUT2D eigenvalue weighted by Gasteiger charge is 2.50. The van der Waals surface area contributed by atoms with Crippen molar-refractivity contribution in [1.82, 2.24) is 9.80 Å². The van der Waals surface area contributed by atoms with Gasteiger partial charge in [0.2, 0.25) is 0 Å². The number of piperidine rings is 1. The summed E-state index contributed by atoms with van der Waals surface area (Å²) in [7, 11) is 3.28. The van der Waals surface area contributed by atoms with Crippen molar-refractivity contribution in [3.8, 4) is 0 Å². The Morgan fingerprint density at radius 1 is 1.33 bits per heavy atom. The predicted octanol–water partition coefficient (Wildman–Crippen LogP) is 0.963. The lowest BCUT2D eigenvalue weighted by Crippen LogP contribution is -2.48. The summed E-state index contributed by atoms with van der Waals surface area (Å²) in [6.07, 6.45) is 1.26. The first kappa shape index (κ1) is 13.7. The summed E-state index contributed by atoms with van der Waals surface area (Å²) in [5.41, 5.74) is 0. The normalized spacial score (nSPS) is 30.6. The van der Waals surface area contributed by atoms with Gasteiger partial charge < -0.3 is 9.64 Å². The van der Waals surface area contributed by atoms with Gasteiger partial charge in [-0.3, -0.25) is 9.69 Å². The van der Waals surface area contributed by atoms with Gasteiger partial charge in [0.25, 0.3) is 5.92 Å². The van der Waals surface area contributed by atoms with Crippen LogP contribution in [0.4, 0.5) is 8.78 Å². The SMILES string of the molecule is COC(=O)C1CC(F)(F)CN1C1CCN(C)CC1. The summed E-state index contributed by atoms with van der Waals surface area (Å²) in [5, 5.41) is 0. The van der Waals surface area contributed by atoms with Crippen LogP contribution in [0, 0.1) is 0 Å². The fourth-order valence-corrected chi connectivity index (χ4v) is 2.91. The molecule has 0 bridgehead atoms. The van der Waals surface area contributed by atoms with Crippen molar-refractivity contribution in [2.45, 2.75) is 37.3 Å². The molecule has 2 fully saturated rings. The Kier molecular flexibility index (Phi) is 3.87. The average molecular weight is 262 g/mol. The zero-order valence-electron chi connectivity index (χ0n) is 10.9. The van der Waals surface area contributed by atoms with Crippen LogP contribution in [0.25, 0.3) is 0 Å². The molecule has 2 heterocycles. The number of alkyl halides is 2. The minimum Gasteiger partial charge on any atom is -0.468 e. The molecule has 0 aliphatic carbocycles. The number of ether oxygens (including phenoxy) is 1. The van der Waals surface area contributed by atoms with Gasteiger partial charge in [-0.2, -0.15) is 0 Å². The van der Waals surface area contributed by atoms with Crippen LogP contribution in [0.5, 0.6) is 0 Å². The second kappa shape index (κ2) is 5.09. The molecule has 2 rings (SSSR count). The van der Waals surface area contributed by atoms with E-state index in [2.05, 4.69) is 9.64 Å². The van der Waals surface area contributed by atoms with Gasteiger partial charge in [-0.25, -0.2) is 8.78 Å². The molecular formula is C12H20F2N2O2. The average Bonchev–Trinajstić information content (AvgIpc) is 2.65. The fourth-order valence-electron chi connectivity index (χ4n) is 2.91. The minimum absolute atomic E-state index is 0.0682. The third-order valence-corrected chi connectivity index (χ3v) is 3.94. The van der Waals surface area contributed by atoms with E-state index in [1.807, 2.05) is 7.05 Å². The highest BCUT2D eigenvalue weighted by molar-refractivity contribution is 5.76. The maximum Gasteiger partial charge on any atom is 0.323 e. The Balaban J connectivity index is 2.06. The van der Waals surface area contributed by atoms with E-state index in [1.165, 1.54) is 7.11 Å². The van der Waals surface area contributed by atoms with Gasteiger partial charge in [-0.1, -0.05) is 0 Å². The zero-order chi connectivity index (χ0) is 13.3. The molecule has 104 valence electrons. The third kappa shape index (κ3) is 2.80. The van der Waals surface area contributed by atoms with Gasteiger partial charge >= 0.3 is 5.97 Å². The highest BCUT2D eigenvalue weighted by atomic mass is 19.3. The van der Waals surface area contributed by atoms with E-state index >= 15 is 0 Å². The van der Waals surface area contributed by atoms with Gasteiger partial charge in [-0.05, 0) is 33.0 Å². The summed E-state index contributed by atoms with van der Waals surface area (Å²) in [4.78, 5) is 15.4. The Morgan fingerprint density at radius 2 is 1.94 bits per heavy atom. The molecule has 2 aliphatic heterocycles. The molecule has 2 saturated heterocycles. The Bertz CT molecular complexity index is 317. The molecule has 0 spiro atoms. The molecule has 1 atom stereocenters. The highest BCUT2D eigenvalue weighted by Crippen LogP contribution is 2.35. The summed E-state index contributed by atoms with van der Waals surface area (Å²) >= 11 is 0. The van der Waals surface area contributed by atoms with Crippen LogP contribution in [0.2, 0.25) is 0 Å². The van der Waals surface area contributed by atoms with Crippen molar-refractivity contribution in [3.63, 3.8) is 0 Å². The van der Waals surface area contributed by atoms with E-state index < -0.39 is 24.4 Å². The topological polar surface area (TPSA) is 32.8 Å². The number of carbonyl (C=O) groups excluding carboxylic acids is 1. The zero-order valence-corrected chi connectivity index (χ0v) is 10.9. The van der Waals surface area contributed by atoms with Gasteiger partial charge in [0.05, 0.1) is 13.7 Å². The van der Waals surface area contributed by atoms with Crippen molar-refractivity contribution in [2.75, 3.05) is 33.8 Å². The van der Waals surface area contributed by atoms with E-state index in [4.69, 9.17) is 0 Å². The van der Waals surface area contributed by atoms with Crippen LogP contribution in [0.3, 0.4) is 0 Å². The molecule has 1 unspecified atom stereocenters. The molecule has 0 aromatic rings. The van der Waals surface area contributed by atoms with Crippen molar-refractivity contribution in [3.05, 3.63) is 0 Å². The Morgan fingerprint density at radius 3 is 2.50 bits per heavy atom. The molecule has 4 nitrogen and oxygen atoms in total. The first-order chi connectivity index (χ1) is 8.43. The Labute approximate surface area is 106 Å². The number of nitrogens with zero attached hydrogens (tertiary/aromatic N) is 2. The van der Waals surface area contributed by atoms with Crippen molar-refractivity contribution < 1.29 is 18.3 Å². The number of hydrogen-bond donors (Lipinski definition) is 0. The molecule has 6 heteroatoms. The molecule has 0 N–H and O–H groups in total. The van der Waals surface area contributed by atoms with Crippen LogP contribution in [0.1, 0.15) is 19.3 Å². The van der Waals surface area contributed by atoms with E-state index in [9.17, 15) is 13.6 Å². The summed E-state index contributed by atoms with van der Waals surface area (Å²) < 4.78 is 31.7. The number of hydrogen-bond acceptors (Lipinski definition) is 4. The van der Waals surface area contributed by atoms with E-state index in [-0.39, 0.29) is 12.6 Å². The van der Waals surface area contributed by atoms with Crippen molar-refractivity contribution >= 4 is 5.97 Å². The number of halogens is 2. The number of methoxy groups -OCH3 is 1. The van der Waals surface area contributed by atoms with E-state index in [0.717, 1.165) is 25.9 Å². The number of rotatable bonds is 2. The summed E-state index contributed by atoms with van der Waals surface area (Å²) in [6.45, 7) is 1.46. The second-order valence-electron chi connectivity index (χ2n) is 5.31. The number of esters is 1. The van der Waals surface area contributed by atoms with Gasteiger partial charge in [0, 0.05) is 12.5 Å². The molecule has 0 saturated carbocycles. The van der Waals surface area contributed by atoms with Crippen molar-refractivity contribution in [2.24, 2.45) is 0 Å². The predicted molar refractivity (Wildman–Crippen MR) is 62.6 cm³/mol. The van der Waals surface area contributed by atoms with Crippen LogP contribution in [-0.2, 0) is 9.53 Å². The minimum atomic E-state index is -2.78. The van der Waals surface area contributed by atoms with Crippen LogP contribution in [0.15, 0.2) is 0 Å². The van der Waals surface area contributed by atoms with Crippen LogP contribution < -0.4 is 0 Å². The van der Waals surface area contributed by atoms with E-state index in [1.54, 1.807) is 4.90 Å². The molecule has 0 aromatic carbocycles. The molecule has 18 heavy (non-hydrogen) atoms. The lowest BCUT2D eigenvalue weighted by atomic mass is 10.0. The smallest absolute Gasteiger partial charge is 0.323 e. The fraction of sp³-hybridized carbons (Fsp3) is 0.917.